The molecule has 198 valence electrons. The molecule has 37 heavy (non-hydrogen) atoms. The van der Waals surface area contributed by atoms with Crippen LogP contribution in [0.15, 0.2) is 59.9 Å². The number of nitrogens with zero attached hydrogens (tertiary/aromatic N) is 3. The third kappa shape index (κ3) is 6.94. The van der Waals surface area contributed by atoms with Crippen molar-refractivity contribution in [1.82, 2.24) is 10.2 Å². The summed E-state index contributed by atoms with van der Waals surface area (Å²) in [6.07, 6.45) is -3.83. The summed E-state index contributed by atoms with van der Waals surface area (Å²) in [6.45, 7) is 6.84. The number of urea groups is 1. The van der Waals surface area contributed by atoms with Crippen LogP contribution in [0.3, 0.4) is 0 Å². The lowest BCUT2D eigenvalue weighted by Crippen LogP contribution is -2.45. The number of primary amides is 1. The van der Waals surface area contributed by atoms with Crippen LogP contribution in [0, 0.1) is 6.92 Å². The number of piperidine rings is 1. The van der Waals surface area contributed by atoms with Crippen LogP contribution >= 0.6 is 11.6 Å². The molecular weight excluding hydrogens is 511 g/mol. The number of anilines is 1. The third-order valence-corrected chi connectivity index (χ3v) is 6.15. The van der Waals surface area contributed by atoms with E-state index in [1.54, 1.807) is 25.1 Å². The number of nitrogens with two attached hydrogens (primary N) is 1. The lowest BCUT2D eigenvalue weighted by Gasteiger charge is -2.34. The number of likely N-dealkylation sites (tertiary alicyclic amines) is 1. The van der Waals surface area contributed by atoms with Crippen LogP contribution < -0.4 is 16.0 Å². The molecule has 0 bridgehead atoms. The van der Waals surface area contributed by atoms with E-state index >= 15 is 0 Å². The first kappa shape index (κ1) is 27.9. The first-order valence-corrected chi connectivity index (χ1v) is 11.7. The number of ether oxygens (including phenoxy) is 1. The zero-order valence-corrected chi connectivity index (χ0v) is 21.1. The molecule has 1 fully saturated rings. The minimum Gasteiger partial charge on any atom is -0.453 e. The topological polar surface area (TPSA) is 100 Å². The molecule has 1 heterocycles. The lowest BCUT2D eigenvalue weighted by molar-refractivity contribution is -0.137. The van der Waals surface area contributed by atoms with Crippen molar-refractivity contribution in [3.63, 3.8) is 0 Å². The second kappa shape index (κ2) is 11.5. The first-order chi connectivity index (χ1) is 17.4. The smallest absolute Gasteiger partial charge is 0.416 e. The van der Waals surface area contributed by atoms with Crippen molar-refractivity contribution in [2.45, 2.75) is 32.0 Å². The van der Waals surface area contributed by atoms with E-state index in [2.05, 4.69) is 21.6 Å². The summed E-state index contributed by atoms with van der Waals surface area (Å²) in [5, 5.41) is 3.22. The van der Waals surface area contributed by atoms with Gasteiger partial charge in [-0.2, -0.15) is 13.2 Å². The van der Waals surface area contributed by atoms with Crippen LogP contribution in [0.25, 0.3) is 0 Å². The standard InChI is InChI=1S/C25H27ClF3N5O3/c1-15-14-18(26)6-9-21(15)22(31-16(2)33-12-10-19(11-13-33)32-24(36)37-3)34(23(30)35)20-7-4-17(5-8-20)25(27,28)29/h4-9,14,19H,2,10-13H2,1,3H3,(H2,30,35)(H,32,36). The number of carbonyl (C=O) groups is 2. The first-order valence-electron chi connectivity index (χ1n) is 11.3. The van der Waals surface area contributed by atoms with Crippen molar-refractivity contribution >= 4 is 35.2 Å². The van der Waals surface area contributed by atoms with E-state index in [0.717, 1.165) is 29.2 Å². The van der Waals surface area contributed by atoms with Gasteiger partial charge in [0.1, 0.15) is 5.82 Å². The Bertz CT molecular complexity index is 1190. The number of nitrogens with one attached hydrogen (secondary N) is 1. The molecule has 3 amide bonds. The highest BCUT2D eigenvalue weighted by Crippen LogP contribution is 2.31. The Balaban J connectivity index is 1.98. The van der Waals surface area contributed by atoms with Gasteiger partial charge >= 0.3 is 18.3 Å². The maximum absolute atomic E-state index is 13.1. The average molecular weight is 538 g/mol. The number of aliphatic imine (C=N–C) groups is 1. The number of benzene rings is 2. The van der Waals surface area contributed by atoms with Crippen molar-refractivity contribution in [2.75, 3.05) is 25.1 Å². The van der Waals surface area contributed by atoms with Gasteiger partial charge in [0, 0.05) is 29.7 Å². The van der Waals surface area contributed by atoms with Gasteiger partial charge in [-0.05, 0) is 67.8 Å². The number of alkyl halides is 3. The Morgan fingerprint density at radius 1 is 1.19 bits per heavy atom. The highest BCUT2D eigenvalue weighted by Gasteiger charge is 2.31. The molecule has 8 nitrogen and oxygen atoms in total. The number of halogens is 4. The zero-order chi connectivity index (χ0) is 27.3. The summed E-state index contributed by atoms with van der Waals surface area (Å²) >= 11 is 6.11. The fourth-order valence-corrected chi connectivity index (χ4v) is 4.19. The predicted molar refractivity (Wildman–Crippen MR) is 136 cm³/mol. The fourth-order valence-electron chi connectivity index (χ4n) is 3.96. The number of carbonyl (C=O) groups excluding carboxylic acids is 2. The number of hydrogen-bond donors (Lipinski definition) is 2. The maximum atomic E-state index is 13.1. The van der Waals surface area contributed by atoms with Crippen LogP contribution in [0.5, 0.6) is 0 Å². The zero-order valence-electron chi connectivity index (χ0n) is 20.3. The number of hydrogen-bond acceptors (Lipinski definition) is 5. The van der Waals surface area contributed by atoms with Gasteiger partial charge in [0.2, 0.25) is 0 Å². The summed E-state index contributed by atoms with van der Waals surface area (Å²) in [4.78, 5) is 31.7. The molecule has 3 N–H and O–H groups in total. The quantitative estimate of drug-likeness (QED) is 0.400. The monoisotopic (exact) mass is 537 g/mol. The molecule has 1 aliphatic rings. The molecule has 1 saturated heterocycles. The molecule has 2 aromatic carbocycles. The van der Waals surface area contributed by atoms with E-state index in [1.165, 1.54) is 7.11 Å². The van der Waals surface area contributed by atoms with Gasteiger partial charge in [0.05, 0.1) is 18.4 Å². The Labute approximate surface area is 217 Å². The van der Waals surface area contributed by atoms with Gasteiger partial charge in [-0.25, -0.2) is 19.5 Å². The van der Waals surface area contributed by atoms with Crippen LogP contribution in [0.4, 0.5) is 28.4 Å². The number of methoxy groups -OCH3 is 1. The Morgan fingerprint density at radius 3 is 2.32 bits per heavy atom. The normalized spacial score (nSPS) is 14.8. The molecule has 0 aliphatic carbocycles. The number of amides is 3. The summed E-state index contributed by atoms with van der Waals surface area (Å²) in [7, 11) is 1.29. The van der Waals surface area contributed by atoms with E-state index in [-0.39, 0.29) is 17.6 Å². The minimum absolute atomic E-state index is 0.0762. The summed E-state index contributed by atoms with van der Waals surface area (Å²) in [5.41, 5.74) is 6.10. The Hall–Kier alpha value is -3.73. The van der Waals surface area contributed by atoms with Gasteiger partial charge in [-0.1, -0.05) is 18.2 Å². The fraction of sp³-hybridized carbons (Fsp3) is 0.320. The highest BCUT2D eigenvalue weighted by molar-refractivity contribution is 6.31. The van der Waals surface area contributed by atoms with E-state index in [9.17, 15) is 22.8 Å². The summed E-state index contributed by atoms with van der Waals surface area (Å²) < 4.78 is 43.9. The van der Waals surface area contributed by atoms with E-state index in [1.807, 2.05) is 4.90 Å². The third-order valence-electron chi connectivity index (χ3n) is 5.92. The van der Waals surface area contributed by atoms with Gasteiger partial charge in [-0.3, -0.25) is 0 Å². The van der Waals surface area contributed by atoms with Crippen molar-refractivity contribution < 1.29 is 27.5 Å². The molecule has 0 saturated carbocycles. The minimum atomic E-state index is -4.54. The second-order valence-corrected chi connectivity index (χ2v) is 8.86. The van der Waals surface area contributed by atoms with Gasteiger partial charge in [0.15, 0.2) is 5.84 Å². The maximum Gasteiger partial charge on any atom is 0.416 e. The second-order valence-electron chi connectivity index (χ2n) is 8.43. The Morgan fingerprint density at radius 2 is 1.81 bits per heavy atom. The molecule has 0 aromatic heterocycles. The molecule has 2 aromatic rings. The highest BCUT2D eigenvalue weighted by atomic mass is 35.5. The summed E-state index contributed by atoms with van der Waals surface area (Å²) in [5.74, 6) is 0.403. The van der Waals surface area contributed by atoms with E-state index < -0.39 is 23.9 Å². The number of alkyl carbamates (subject to hydrolysis) is 1. The average Bonchev–Trinajstić information content (AvgIpc) is 2.83. The van der Waals surface area contributed by atoms with Crippen LogP contribution in [0.2, 0.25) is 5.02 Å². The lowest BCUT2D eigenvalue weighted by atomic mass is 10.1. The van der Waals surface area contributed by atoms with Crippen LogP contribution in [-0.4, -0.2) is 49.1 Å². The molecular formula is C25H27ClF3N5O3. The number of amidine groups is 1. The molecule has 12 heteroatoms. The van der Waals surface area contributed by atoms with Crippen molar-refractivity contribution in [2.24, 2.45) is 10.7 Å². The number of rotatable bonds is 5. The largest absolute Gasteiger partial charge is 0.453 e. The molecule has 3 rings (SSSR count). The molecule has 0 unspecified atom stereocenters. The molecule has 0 spiro atoms. The van der Waals surface area contributed by atoms with Crippen LogP contribution in [-0.2, 0) is 10.9 Å². The van der Waals surface area contributed by atoms with Gasteiger partial charge in [0.25, 0.3) is 0 Å². The summed E-state index contributed by atoms with van der Waals surface area (Å²) in [6, 6.07) is 7.95. The molecule has 0 atom stereocenters. The van der Waals surface area contributed by atoms with Crippen LogP contribution in [0.1, 0.15) is 29.5 Å². The predicted octanol–water partition coefficient (Wildman–Crippen LogP) is 5.29. The van der Waals surface area contributed by atoms with Crippen molar-refractivity contribution in [1.29, 1.82) is 0 Å². The van der Waals surface area contributed by atoms with Gasteiger partial charge < -0.3 is 20.7 Å². The van der Waals surface area contributed by atoms with Crippen molar-refractivity contribution in [3.05, 3.63) is 76.6 Å². The van der Waals surface area contributed by atoms with Crippen molar-refractivity contribution in [3.8, 4) is 0 Å². The SMILES string of the molecule is C=C(N=C(c1ccc(Cl)cc1C)N(C(N)=O)c1ccc(C(F)(F)F)cc1)N1CCC(NC(=O)OC)CC1. The van der Waals surface area contributed by atoms with Gasteiger partial charge in [-0.15, -0.1) is 0 Å². The molecule has 0 radical (unpaired) electrons. The van der Waals surface area contributed by atoms with E-state index in [0.29, 0.717) is 47.9 Å². The molecule has 1 aliphatic heterocycles. The number of aryl methyl sites for hydroxylation is 1. The Kier molecular flexibility index (Phi) is 8.69. The van der Waals surface area contributed by atoms with E-state index in [4.69, 9.17) is 17.3 Å².